The number of fused-ring (bicyclic) bond motifs is 6. The number of benzene rings is 8. The lowest BCUT2D eigenvalue weighted by atomic mass is 9.81. The van der Waals surface area contributed by atoms with Crippen LogP contribution in [0.3, 0.4) is 0 Å². The standard InChI is InChI=1S/C56H47N/c1-56(2)50-26-13-10-25-48(50)55-51(56)27-16-30-54(55)57(53-29-15-12-24-47(53)49-36-37-31-32-39(49)35-37)52-28-14-11-23-46(52)45-34-33-44(42-21-8-9-22-43(42)45)41-20-7-6-19-40(41)38-17-4-3-5-18-38/h3-30,33-34,37,39,49H,31-32,35-36H2,1-2H3. The molecule has 2 saturated carbocycles. The van der Waals surface area contributed by atoms with Crippen molar-refractivity contribution < 1.29 is 0 Å². The van der Waals surface area contributed by atoms with Crippen LogP contribution in [-0.4, -0.2) is 0 Å². The van der Waals surface area contributed by atoms with Crippen LogP contribution in [0, 0.1) is 11.8 Å². The van der Waals surface area contributed by atoms with E-state index in [1.807, 2.05) is 0 Å². The van der Waals surface area contributed by atoms with Crippen LogP contribution in [0.2, 0.25) is 0 Å². The lowest BCUT2D eigenvalue weighted by Crippen LogP contribution is -2.18. The van der Waals surface area contributed by atoms with E-state index in [0.29, 0.717) is 5.92 Å². The van der Waals surface area contributed by atoms with Gasteiger partial charge in [0, 0.05) is 22.2 Å². The van der Waals surface area contributed by atoms with Gasteiger partial charge in [0.15, 0.2) is 0 Å². The summed E-state index contributed by atoms with van der Waals surface area (Å²) in [6, 6.07) is 68.1. The molecule has 0 saturated heterocycles. The minimum Gasteiger partial charge on any atom is -0.309 e. The third-order valence-electron chi connectivity index (χ3n) is 13.8. The summed E-state index contributed by atoms with van der Waals surface area (Å²) in [5, 5.41) is 2.52. The largest absolute Gasteiger partial charge is 0.309 e. The predicted octanol–water partition coefficient (Wildman–Crippen LogP) is 15.5. The Bertz CT molecular complexity index is 2810. The van der Waals surface area contributed by atoms with E-state index in [9.17, 15) is 0 Å². The number of nitrogens with zero attached hydrogens (tertiary/aromatic N) is 1. The lowest BCUT2D eigenvalue weighted by Gasteiger charge is -2.34. The zero-order valence-corrected chi connectivity index (χ0v) is 32.8. The molecule has 3 aliphatic carbocycles. The monoisotopic (exact) mass is 733 g/mol. The molecule has 0 amide bonds. The van der Waals surface area contributed by atoms with E-state index in [1.165, 1.54) is 115 Å². The van der Waals surface area contributed by atoms with Gasteiger partial charge in [-0.05, 0) is 116 Å². The van der Waals surface area contributed by atoms with Crippen LogP contribution in [0.25, 0.3) is 55.3 Å². The van der Waals surface area contributed by atoms with Crippen LogP contribution in [0.5, 0.6) is 0 Å². The molecule has 276 valence electrons. The van der Waals surface area contributed by atoms with Crippen LogP contribution >= 0.6 is 0 Å². The van der Waals surface area contributed by atoms with Crippen molar-refractivity contribution in [2.75, 3.05) is 4.90 Å². The topological polar surface area (TPSA) is 3.24 Å². The van der Waals surface area contributed by atoms with Crippen LogP contribution in [0.15, 0.2) is 182 Å². The average molecular weight is 734 g/mol. The van der Waals surface area contributed by atoms with Crippen molar-refractivity contribution in [2.45, 2.75) is 50.9 Å². The second-order valence-corrected chi connectivity index (χ2v) is 17.2. The van der Waals surface area contributed by atoms with Crippen molar-refractivity contribution >= 4 is 27.8 Å². The molecule has 0 aliphatic heterocycles. The maximum absolute atomic E-state index is 2.65. The van der Waals surface area contributed by atoms with Gasteiger partial charge in [-0.2, -0.15) is 0 Å². The molecule has 57 heavy (non-hydrogen) atoms. The Morgan fingerprint density at radius 1 is 0.421 bits per heavy atom. The van der Waals surface area contributed by atoms with Crippen LogP contribution in [0.4, 0.5) is 17.1 Å². The predicted molar refractivity (Wildman–Crippen MR) is 241 cm³/mol. The molecule has 3 unspecified atom stereocenters. The maximum atomic E-state index is 2.65. The summed E-state index contributed by atoms with van der Waals surface area (Å²) in [7, 11) is 0. The van der Waals surface area contributed by atoms with Gasteiger partial charge in [-0.15, -0.1) is 0 Å². The molecule has 8 aromatic rings. The molecule has 0 radical (unpaired) electrons. The molecule has 0 aromatic heterocycles. The molecule has 1 heteroatoms. The van der Waals surface area contributed by atoms with E-state index >= 15 is 0 Å². The fourth-order valence-corrected chi connectivity index (χ4v) is 11.2. The highest BCUT2D eigenvalue weighted by Crippen LogP contribution is 2.58. The molecule has 0 heterocycles. The molecule has 2 bridgehead atoms. The molecule has 2 fully saturated rings. The highest BCUT2D eigenvalue weighted by atomic mass is 15.2. The Labute approximate surface area is 337 Å². The second kappa shape index (κ2) is 13.5. The minimum absolute atomic E-state index is 0.0979. The summed E-state index contributed by atoms with van der Waals surface area (Å²) in [5.41, 5.74) is 18.2. The number of rotatable bonds is 7. The highest BCUT2D eigenvalue weighted by Gasteiger charge is 2.42. The summed E-state index contributed by atoms with van der Waals surface area (Å²) in [5.74, 6) is 2.21. The van der Waals surface area contributed by atoms with Gasteiger partial charge in [-0.3, -0.25) is 0 Å². The van der Waals surface area contributed by atoms with Gasteiger partial charge in [0.25, 0.3) is 0 Å². The van der Waals surface area contributed by atoms with Crippen molar-refractivity contribution in [3.05, 3.63) is 199 Å². The molecule has 0 spiro atoms. The number of hydrogen-bond donors (Lipinski definition) is 0. The normalized spacial score (nSPS) is 18.7. The third kappa shape index (κ3) is 5.43. The summed E-state index contributed by atoms with van der Waals surface area (Å²) in [6.07, 6.45) is 5.43. The van der Waals surface area contributed by atoms with E-state index < -0.39 is 0 Å². The van der Waals surface area contributed by atoms with E-state index in [0.717, 1.165) is 11.8 Å². The van der Waals surface area contributed by atoms with Gasteiger partial charge < -0.3 is 4.90 Å². The molecule has 3 atom stereocenters. The second-order valence-electron chi connectivity index (χ2n) is 17.2. The summed E-state index contributed by atoms with van der Waals surface area (Å²) >= 11 is 0. The first-order chi connectivity index (χ1) is 28.1. The van der Waals surface area contributed by atoms with Crippen molar-refractivity contribution in [1.82, 2.24) is 0 Å². The Kier molecular flexibility index (Phi) is 8.07. The van der Waals surface area contributed by atoms with Crippen molar-refractivity contribution in [1.29, 1.82) is 0 Å². The van der Waals surface area contributed by atoms with Crippen LogP contribution in [-0.2, 0) is 5.41 Å². The molecular weight excluding hydrogens is 687 g/mol. The van der Waals surface area contributed by atoms with Crippen molar-refractivity contribution in [3.8, 4) is 44.5 Å². The van der Waals surface area contributed by atoms with Gasteiger partial charge in [0.1, 0.15) is 0 Å². The first-order valence-electron chi connectivity index (χ1n) is 20.9. The molecule has 8 aromatic carbocycles. The number of hydrogen-bond acceptors (Lipinski definition) is 1. The number of anilines is 3. The maximum Gasteiger partial charge on any atom is 0.0543 e. The Morgan fingerprint density at radius 2 is 1.00 bits per heavy atom. The minimum atomic E-state index is -0.0979. The van der Waals surface area contributed by atoms with Gasteiger partial charge in [-0.1, -0.05) is 184 Å². The Morgan fingerprint density at radius 3 is 1.74 bits per heavy atom. The molecule has 3 aliphatic rings. The van der Waals surface area contributed by atoms with Gasteiger partial charge in [-0.25, -0.2) is 0 Å². The van der Waals surface area contributed by atoms with E-state index in [2.05, 4.69) is 201 Å². The first-order valence-corrected chi connectivity index (χ1v) is 20.9. The smallest absolute Gasteiger partial charge is 0.0543 e. The fraction of sp³-hybridized carbons (Fsp3) is 0.179. The van der Waals surface area contributed by atoms with E-state index in [4.69, 9.17) is 0 Å². The van der Waals surface area contributed by atoms with Gasteiger partial charge in [0.05, 0.1) is 11.4 Å². The fourth-order valence-electron chi connectivity index (χ4n) is 11.2. The van der Waals surface area contributed by atoms with Crippen LogP contribution < -0.4 is 4.90 Å². The third-order valence-corrected chi connectivity index (χ3v) is 13.8. The highest BCUT2D eigenvalue weighted by molar-refractivity contribution is 6.09. The summed E-state index contributed by atoms with van der Waals surface area (Å²) in [4.78, 5) is 2.65. The van der Waals surface area contributed by atoms with Crippen LogP contribution in [0.1, 0.15) is 62.1 Å². The summed E-state index contributed by atoms with van der Waals surface area (Å²) < 4.78 is 0. The quantitative estimate of drug-likeness (QED) is 0.158. The molecular formula is C56H47N. The van der Waals surface area contributed by atoms with E-state index in [1.54, 1.807) is 0 Å². The average Bonchev–Trinajstić information content (AvgIpc) is 3.97. The van der Waals surface area contributed by atoms with E-state index in [-0.39, 0.29) is 5.41 Å². The van der Waals surface area contributed by atoms with Gasteiger partial charge in [0.2, 0.25) is 0 Å². The summed E-state index contributed by atoms with van der Waals surface area (Å²) in [6.45, 7) is 4.79. The number of para-hydroxylation sites is 2. The first kappa shape index (κ1) is 34.1. The lowest BCUT2D eigenvalue weighted by molar-refractivity contribution is 0.420. The molecule has 1 nitrogen and oxygen atoms in total. The van der Waals surface area contributed by atoms with Crippen molar-refractivity contribution in [3.63, 3.8) is 0 Å². The Hall–Kier alpha value is -6.18. The van der Waals surface area contributed by atoms with Crippen molar-refractivity contribution in [2.24, 2.45) is 11.8 Å². The molecule has 0 N–H and O–H groups in total. The zero-order valence-electron chi connectivity index (χ0n) is 32.8. The molecule has 11 rings (SSSR count). The van der Waals surface area contributed by atoms with Gasteiger partial charge >= 0.3 is 0 Å². The Balaban J connectivity index is 1.15. The zero-order chi connectivity index (χ0) is 38.1. The SMILES string of the molecule is CC1(C)c2ccccc2-c2c(N(c3ccccc3-c3ccc(-c4ccccc4-c4ccccc4)c4ccccc34)c3ccccc3C3CC4CCC3C4)cccc21.